The van der Waals surface area contributed by atoms with Gasteiger partial charge in [0.25, 0.3) is 0 Å². The second kappa shape index (κ2) is 6.68. The first-order valence-electron chi connectivity index (χ1n) is 6.31. The number of hydrogen-bond donors (Lipinski definition) is 0. The molecule has 0 amide bonds. The lowest BCUT2D eigenvalue weighted by molar-refractivity contribution is 0.163. The van der Waals surface area contributed by atoms with Crippen LogP contribution in [0.1, 0.15) is 20.8 Å². The van der Waals surface area contributed by atoms with Gasteiger partial charge in [-0.15, -0.1) is 0 Å². The molecule has 0 radical (unpaired) electrons. The first kappa shape index (κ1) is 17.1. The molecule has 0 bridgehead atoms. The lowest BCUT2D eigenvalue weighted by Gasteiger charge is -2.29. The molecule has 0 saturated carbocycles. The first-order valence-corrected chi connectivity index (χ1v) is 8.79. The fourth-order valence-electron chi connectivity index (χ4n) is 1.66. The molecule has 0 spiro atoms. The molecule has 1 unspecified atom stereocenters. The molecule has 20 heavy (non-hydrogen) atoms. The van der Waals surface area contributed by atoms with Gasteiger partial charge in [0.05, 0.1) is 19.5 Å². The summed E-state index contributed by atoms with van der Waals surface area (Å²) in [6, 6.07) is 7.15. The molecule has 0 saturated heterocycles. The molecule has 1 atom stereocenters. The van der Waals surface area contributed by atoms with E-state index in [-0.39, 0.29) is 17.1 Å². The Labute approximate surface area is 125 Å². The maximum Gasteiger partial charge on any atom is 0.233 e. The van der Waals surface area contributed by atoms with Crippen LogP contribution < -0.4 is 9.47 Å². The van der Waals surface area contributed by atoms with Gasteiger partial charge in [-0.1, -0.05) is 20.8 Å². The molecule has 0 aliphatic carbocycles. The second-order valence-corrected chi connectivity index (χ2v) is 8.58. The number of ether oxygens (including phenoxy) is 2. The predicted molar refractivity (Wildman–Crippen MR) is 81.1 cm³/mol. The summed E-state index contributed by atoms with van der Waals surface area (Å²) >= 11 is 0. The monoisotopic (exact) mass is 320 g/mol. The van der Waals surface area contributed by atoms with Crippen molar-refractivity contribution in [1.29, 1.82) is 0 Å². The van der Waals surface area contributed by atoms with E-state index in [0.717, 1.165) is 5.75 Å². The predicted octanol–water partition coefficient (Wildman–Crippen LogP) is 3.30. The minimum absolute atomic E-state index is 0.103. The van der Waals surface area contributed by atoms with E-state index >= 15 is 0 Å². The average Bonchev–Trinajstić information content (AvgIpc) is 2.32. The molecule has 1 aromatic carbocycles. The van der Waals surface area contributed by atoms with Crippen LogP contribution in [0.3, 0.4) is 0 Å². The van der Waals surface area contributed by atoms with Crippen LogP contribution in [0.4, 0.5) is 0 Å². The van der Waals surface area contributed by atoms with Gasteiger partial charge in [0.1, 0.15) is 11.5 Å². The first-order chi connectivity index (χ1) is 9.12. The van der Waals surface area contributed by atoms with Crippen molar-refractivity contribution in [3.05, 3.63) is 24.3 Å². The number of hydrogen-bond acceptors (Lipinski definition) is 4. The molecule has 114 valence electrons. The van der Waals surface area contributed by atoms with E-state index in [4.69, 9.17) is 20.2 Å². The normalized spacial score (nSPS) is 13.8. The quantitative estimate of drug-likeness (QED) is 0.755. The van der Waals surface area contributed by atoms with Crippen LogP contribution >= 0.6 is 10.7 Å². The summed E-state index contributed by atoms with van der Waals surface area (Å²) in [6.45, 7) is 6.20. The van der Waals surface area contributed by atoms with Gasteiger partial charge >= 0.3 is 0 Å². The van der Waals surface area contributed by atoms with E-state index in [1.165, 1.54) is 0 Å². The minimum atomic E-state index is -3.55. The maximum absolute atomic E-state index is 11.3. The fraction of sp³-hybridized carbons (Fsp3) is 0.571. The van der Waals surface area contributed by atoms with Crippen molar-refractivity contribution in [2.24, 2.45) is 11.3 Å². The Balaban J connectivity index is 2.70. The van der Waals surface area contributed by atoms with E-state index < -0.39 is 9.05 Å². The van der Waals surface area contributed by atoms with Crippen LogP contribution in [0, 0.1) is 11.3 Å². The third-order valence-corrected chi connectivity index (χ3v) is 4.31. The number of halogens is 1. The summed E-state index contributed by atoms with van der Waals surface area (Å²) in [5.74, 6) is 1.13. The van der Waals surface area contributed by atoms with E-state index in [1.54, 1.807) is 31.4 Å². The Morgan fingerprint density at radius 1 is 1.15 bits per heavy atom. The van der Waals surface area contributed by atoms with E-state index in [1.807, 2.05) is 20.8 Å². The Hall–Kier alpha value is -0.940. The fourth-order valence-corrected chi connectivity index (χ4v) is 3.19. The van der Waals surface area contributed by atoms with Gasteiger partial charge in [0.2, 0.25) is 9.05 Å². The van der Waals surface area contributed by atoms with Gasteiger partial charge in [-0.2, -0.15) is 0 Å². The maximum atomic E-state index is 11.3. The number of rotatable bonds is 6. The van der Waals surface area contributed by atoms with Crippen molar-refractivity contribution >= 4 is 19.7 Å². The van der Waals surface area contributed by atoms with Crippen molar-refractivity contribution in [3.63, 3.8) is 0 Å². The van der Waals surface area contributed by atoms with Gasteiger partial charge in [-0.25, -0.2) is 8.42 Å². The van der Waals surface area contributed by atoms with Crippen LogP contribution in [-0.4, -0.2) is 27.9 Å². The molecule has 0 aliphatic rings. The van der Waals surface area contributed by atoms with Crippen molar-refractivity contribution in [2.75, 3.05) is 19.5 Å². The van der Waals surface area contributed by atoms with E-state index in [2.05, 4.69) is 0 Å². The highest BCUT2D eigenvalue weighted by molar-refractivity contribution is 8.13. The van der Waals surface area contributed by atoms with Gasteiger partial charge in [0, 0.05) is 16.6 Å². The smallest absolute Gasteiger partial charge is 0.233 e. The molecule has 1 rings (SSSR count). The zero-order valence-corrected chi connectivity index (χ0v) is 13.8. The standard InChI is InChI=1S/C14H21ClO4S/c1-14(2,3)11(10-20(15,16)17)9-19-13-7-5-12(18-4)6-8-13/h5-8,11H,9-10H2,1-4H3. The van der Waals surface area contributed by atoms with Crippen molar-refractivity contribution in [1.82, 2.24) is 0 Å². The third-order valence-electron chi connectivity index (χ3n) is 3.14. The Morgan fingerprint density at radius 2 is 1.65 bits per heavy atom. The van der Waals surface area contributed by atoms with Gasteiger partial charge in [0.15, 0.2) is 0 Å². The summed E-state index contributed by atoms with van der Waals surface area (Å²) in [4.78, 5) is 0. The summed E-state index contributed by atoms with van der Waals surface area (Å²) < 4.78 is 33.3. The summed E-state index contributed by atoms with van der Waals surface area (Å²) in [7, 11) is 3.40. The molecule has 0 N–H and O–H groups in total. The van der Waals surface area contributed by atoms with Crippen molar-refractivity contribution in [2.45, 2.75) is 20.8 Å². The molecular weight excluding hydrogens is 300 g/mol. The molecule has 0 fully saturated rings. The SMILES string of the molecule is COc1ccc(OCC(CS(=O)(=O)Cl)C(C)(C)C)cc1. The van der Waals surface area contributed by atoms with E-state index in [9.17, 15) is 8.42 Å². The van der Waals surface area contributed by atoms with Crippen LogP contribution in [0.25, 0.3) is 0 Å². The lowest BCUT2D eigenvalue weighted by Crippen LogP contribution is -2.31. The highest BCUT2D eigenvalue weighted by Crippen LogP contribution is 2.29. The Kier molecular flexibility index (Phi) is 5.71. The van der Waals surface area contributed by atoms with Crippen molar-refractivity contribution < 1.29 is 17.9 Å². The van der Waals surface area contributed by atoms with Crippen LogP contribution in [0.15, 0.2) is 24.3 Å². The third kappa shape index (κ3) is 6.01. The van der Waals surface area contributed by atoms with Gasteiger partial charge in [-0.05, 0) is 29.7 Å². The number of methoxy groups -OCH3 is 1. The topological polar surface area (TPSA) is 52.6 Å². The minimum Gasteiger partial charge on any atom is -0.497 e. The average molecular weight is 321 g/mol. The lowest BCUT2D eigenvalue weighted by atomic mass is 9.82. The molecule has 0 heterocycles. The largest absolute Gasteiger partial charge is 0.497 e. The summed E-state index contributed by atoms with van der Waals surface area (Å²) in [5, 5.41) is 0. The molecule has 1 aromatic rings. The molecule has 4 nitrogen and oxygen atoms in total. The van der Waals surface area contributed by atoms with Crippen molar-refractivity contribution in [3.8, 4) is 11.5 Å². The van der Waals surface area contributed by atoms with Crippen LogP contribution in [0.2, 0.25) is 0 Å². The zero-order valence-electron chi connectivity index (χ0n) is 12.2. The van der Waals surface area contributed by atoms with Crippen LogP contribution in [0.5, 0.6) is 11.5 Å². The Bertz CT molecular complexity index is 517. The summed E-state index contributed by atoms with van der Waals surface area (Å²) in [5.41, 5.74) is -0.214. The number of benzene rings is 1. The van der Waals surface area contributed by atoms with Gasteiger partial charge < -0.3 is 9.47 Å². The van der Waals surface area contributed by atoms with E-state index in [0.29, 0.717) is 12.4 Å². The highest BCUT2D eigenvalue weighted by Gasteiger charge is 2.29. The molecule has 0 aromatic heterocycles. The van der Waals surface area contributed by atoms with Crippen LogP contribution in [-0.2, 0) is 9.05 Å². The molecule has 0 aliphatic heterocycles. The summed E-state index contributed by atoms with van der Waals surface area (Å²) in [6.07, 6.45) is 0. The molecular formula is C14H21ClO4S. The zero-order chi connectivity index (χ0) is 15.4. The van der Waals surface area contributed by atoms with Gasteiger partial charge in [-0.3, -0.25) is 0 Å². The highest BCUT2D eigenvalue weighted by atomic mass is 35.7. The Morgan fingerprint density at radius 3 is 2.05 bits per heavy atom. The second-order valence-electron chi connectivity index (χ2n) is 5.75. The molecule has 6 heteroatoms.